The second-order valence-electron chi connectivity index (χ2n) is 3.39. The molecule has 2 rings (SSSR count). The van der Waals surface area contributed by atoms with Crippen molar-refractivity contribution in [2.75, 3.05) is 5.32 Å². The molecular weight excluding hydrogens is 178 g/mol. The first-order valence-electron chi connectivity index (χ1n) is 4.81. The van der Waals surface area contributed by atoms with Crippen LogP contribution in [-0.2, 0) is 0 Å². The summed E-state index contributed by atoms with van der Waals surface area (Å²) in [5.74, 6) is 0.424. The average molecular weight is 191 g/mol. The Bertz CT molecular complexity index is 383. The minimum atomic E-state index is -0.151. The van der Waals surface area contributed by atoms with Crippen molar-refractivity contribution in [1.82, 2.24) is 9.97 Å². The van der Waals surface area contributed by atoms with Gasteiger partial charge in [-0.25, -0.2) is 4.98 Å². The molecular formula is C10H13N3O. The fourth-order valence-corrected chi connectivity index (χ4v) is 1.57. The molecule has 14 heavy (non-hydrogen) atoms. The van der Waals surface area contributed by atoms with E-state index in [1.165, 1.54) is 6.20 Å². The average Bonchev–Trinajstić information content (AvgIpc) is 2.23. The lowest BCUT2D eigenvalue weighted by Crippen LogP contribution is -2.25. The highest BCUT2D eigenvalue weighted by Gasteiger charge is 2.11. The fourth-order valence-electron chi connectivity index (χ4n) is 1.57. The maximum atomic E-state index is 11.3. The highest BCUT2D eigenvalue weighted by Crippen LogP contribution is 2.13. The third-order valence-electron chi connectivity index (χ3n) is 2.32. The first kappa shape index (κ1) is 8.99. The number of hydrogen-bond acceptors (Lipinski definition) is 3. The highest BCUT2D eigenvalue weighted by molar-refractivity contribution is 5.32. The molecule has 0 saturated heterocycles. The quantitative estimate of drug-likeness (QED) is 0.692. The predicted molar refractivity (Wildman–Crippen MR) is 55.3 cm³/mol. The maximum absolute atomic E-state index is 11.3. The molecule has 1 aliphatic rings. The van der Waals surface area contributed by atoms with E-state index in [1.54, 1.807) is 6.20 Å². The summed E-state index contributed by atoms with van der Waals surface area (Å²) >= 11 is 0. The summed E-state index contributed by atoms with van der Waals surface area (Å²) in [5, 5.41) is 3.14. The van der Waals surface area contributed by atoms with Crippen molar-refractivity contribution in [3.63, 3.8) is 0 Å². The lowest BCUT2D eigenvalue weighted by atomic mass is 10.0. The van der Waals surface area contributed by atoms with E-state index in [2.05, 4.69) is 27.4 Å². The zero-order chi connectivity index (χ0) is 9.80. The topological polar surface area (TPSA) is 57.8 Å². The van der Waals surface area contributed by atoms with Crippen LogP contribution >= 0.6 is 0 Å². The molecule has 1 heterocycles. The van der Waals surface area contributed by atoms with Gasteiger partial charge in [-0.05, 0) is 19.3 Å². The van der Waals surface area contributed by atoms with Crippen LogP contribution < -0.4 is 10.9 Å². The predicted octanol–water partition coefficient (Wildman–Crippen LogP) is 1.29. The van der Waals surface area contributed by atoms with Gasteiger partial charge in [-0.3, -0.25) is 4.79 Å². The molecule has 0 radical (unpaired) electrons. The summed E-state index contributed by atoms with van der Waals surface area (Å²) in [5.41, 5.74) is -0.151. The number of nitrogens with zero attached hydrogens (tertiary/aromatic N) is 1. The van der Waals surface area contributed by atoms with Crippen molar-refractivity contribution in [1.29, 1.82) is 0 Å². The van der Waals surface area contributed by atoms with Gasteiger partial charge in [-0.1, -0.05) is 12.2 Å². The SMILES string of the molecule is O=c1[nH]ccnc1NC1CC=CCC1. The molecule has 4 heteroatoms. The monoisotopic (exact) mass is 191 g/mol. The van der Waals surface area contributed by atoms with Crippen LogP contribution in [0.25, 0.3) is 0 Å². The van der Waals surface area contributed by atoms with Crippen LogP contribution in [0.2, 0.25) is 0 Å². The summed E-state index contributed by atoms with van der Waals surface area (Å²) in [4.78, 5) is 17.9. The first-order valence-corrected chi connectivity index (χ1v) is 4.81. The lowest BCUT2D eigenvalue weighted by molar-refractivity contribution is 0.640. The third-order valence-corrected chi connectivity index (χ3v) is 2.32. The summed E-state index contributed by atoms with van der Waals surface area (Å²) in [6.45, 7) is 0. The summed E-state index contributed by atoms with van der Waals surface area (Å²) in [7, 11) is 0. The standard InChI is InChI=1S/C10H13N3O/c14-10-9(11-6-7-12-10)13-8-4-2-1-3-5-8/h1-2,6-8H,3-5H2,(H,11,13)(H,12,14). The molecule has 0 amide bonds. The van der Waals surface area contributed by atoms with Crippen LogP contribution in [0.4, 0.5) is 5.82 Å². The molecule has 0 aromatic carbocycles. The summed E-state index contributed by atoms with van der Waals surface area (Å²) < 4.78 is 0. The molecule has 1 unspecified atom stereocenters. The minimum Gasteiger partial charge on any atom is -0.362 e. The van der Waals surface area contributed by atoms with Crippen LogP contribution in [0.1, 0.15) is 19.3 Å². The largest absolute Gasteiger partial charge is 0.362 e. The highest BCUT2D eigenvalue weighted by atomic mass is 16.1. The molecule has 4 nitrogen and oxygen atoms in total. The molecule has 0 bridgehead atoms. The van der Waals surface area contributed by atoms with Crippen molar-refractivity contribution >= 4 is 5.82 Å². The molecule has 0 aliphatic heterocycles. The van der Waals surface area contributed by atoms with Gasteiger partial charge in [0.25, 0.3) is 5.56 Å². The Hall–Kier alpha value is -1.58. The number of allylic oxidation sites excluding steroid dienone is 1. The first-order chi connectivity index (χ1) is 6.86. The Kier molecular flexibility index (Phi) is 2.62. The molecule has 0 spiro atoms. The second-order valence-corrected chi connectivity index (χ2v) is 3.39. The van der Waals surface area contributed by atoms with E-state index in [0.29, 0.717) is 11.9 Å². The van der Waals surface area contributed by atoms with E-state index in [-0.39, 0.29) is 5.56 Å². The fraction of sp³-hybridized carbons (Fsp3) is 0.400. The summed E-state index contributed by atoms with van der Waals surface area (Å²) in [6.07, 6.45) is 10.5. The van der Waals surface area contributed by atoms with E-state index in [1.807, 2.05) is 0 Å². The second kappa shape index (κ2) is 4.09. The smallest absolute Gasteiger partial charge is 0.290 e. The number of H-pyrrole nitrogens is 1. The number of anilines is 1. The van der Waals surface area contributed by atoms with Crippen molar-refractivity contribution < 1.29 is 0 Å². The molecule has 1 aromatic heterocycles. The molecule has 2 N–H and O–H groups in total. The Labute approximate surface area is 82.1 Å². The van der Waals surface area contributed by atoms with Gasteiger partial charge in [0.05, 0.1) is 0 Å². The van der Waals surface area contributed by atoms with E-state index in [9.17, 15) is 4.79 Å². The molecule has 0 saturated carbocycles. The van der Waals surface area contributed by atoms with Gasteiger partial charge in [0.1, 0.15) is 0 Å². The third kappa shape index (κ3) is 2.02. The van der Waals surface area contributed by atoms with Crippen LogP contribution in [0, 0.1) is 0 Å². The molecule has 0 fully saturated rings. The minimum absolute atomic E-state index is 0.151. The lowest BCUT2D eigenvalue weighted by Gasteiger charge is -2.18. The van der Waals surface area contributed by atoms with E-state index in [4.69, 9.17) is 0 Å². The number of aromatic nitrogens is 2. The van der Waals surface area contributed by atoms with E-state index < -0.39 is 0 Å². The molecule has 74 valence electrons. The molecule has 1 aliphatic carbocycles. The Balaban J connectivity index is 2.07. The normalized spacial score (nSPS) is 20.7. The van der Waals surface area contributed by atoms with E-state index in [0.717, 1.165) is 19.3 Å². The van der Waals surface area contributed by atoms with Crippen LogP contribution in [0.5, 0.6) is 0 Å². The van der Waals surface area contributed by atoms with Gasteiger partial charge in [0.2, 0.25) is 0 Å². The van der Waals surface area contributed by atoms with Crippen molar-refractivity contribution in [3.05, 3.63) is 34.9 Å². The molecule has 1 aromatic rings. The van der Waals surface area contributed by atoms with Crippen LogP contribution in [0.15, 0.2) is 29.3 Å². The van der Waals surface area contributed by atoms with Gasteiger partial charge < -0.3 is 10.3 Å². The zero-order valence-corrected chi connectivity index (χ0v) is 7.86. The van der Waals surface area contributed by atoms with E-state index >= 15 is 0 Å². The van der Waals surface area contributed by atoms with Crippen molar-refractivity contribution in [2.45, 2.75) is 25.3 Å². The van der Waals surface area contributed by atoms with Crippen LogP contribution in [0.3, 0.4) is 0 Å². The van der Waals surface area contributed by atoms with Gasteiger partial charge in [0.15, 0.2) is 5.82 Å². The maximum Gasteiger partial charge on any atom is 0.290 e. The zero-order valence-electron chi connectivity index (χ0n) is 7.86. The number of rotatable bonds is 2. The summed E-state index contributed by atoms with van der Waals surface area (Å²) in [6, 6.07) is 0.344. The van der Waals surface area contributed by atoms with Gasteiger partial charge in [-0.2, -0.15) is 0 Å². The van der Waals surface area contributed by atoms with Crippen molar-refractivity contribution in [3.8, 4) is 0 Å². The Morgan fingerprint density at radius 2 is 2.43 bits per heavy atom. The van der Waals surface area contributed by atoms with Gasteiger partial charge in [-0.15, -0.1) is 0 Å². The number of hydrogen-bond donors (Lipinski definition) is 2. The number of aromatic amines is 1. The van der Waals surface area contributed by atoms with Gasteiger partial charge >= 0.3 is 0 Å². The van der Waals surface area contributed by atoms with Crippen LogP contribution in [-0.4, -0.2) is 16.0 Å². The van der Waals surface area contributed by atoms with Gasteiger partial charge in [0, 0.05) is 18.4 Å². The number of nitrogens with one attached hydrogen (secondary N) is 2. The van der Waals surface area contributed by atoms with Crippen molar-refractivity contribution in [2.24, 2.45) is 0 Å². The Morgan fingerprint density at radius 1 is 1.50 bits per heavy atom. The molecule has 1 atom stereocenters. The Morgan fingerprint density at radius 3 is 3.14 bits per heavy atom.